The fraction of sp³-hybridized carbons (Fsp3) is 0.714. The van der Waals surface area contributed by atoms with Gasteiger partial charge in [0.2, 0.25) is 0 Å². The molecule has 0 fully saturated rings. The van der Waals surface area contributed by atoms with Crippen molar-refractivity contribution in [2.24, 2.45) is 0 Å². The smallest absolute Gasteiger partial charge is 0.0151 e. The van der Waals surface area contributed by atoms with E-state index >= 15 is 0 Å². The minimum Gasteiger partial charge on any atom is -0.391 e. The van der Waals surface area contributed by atoms with Gasteiger partial charge in [0.1, 0.15) is 0 Å². The Balaban J connectivity index is 2.15. The summed E-state index contributed by atoms with van der Waals surface area (Å²) in [4.78, 5) is 0. The van der Waals surface area contributed by atoms with E-state index in [9.17, 15) is 0 Å². The molecule has 9 heavy (non-hydrogen) atoms. The van der Waals surface area contributed by atoms with E-state index in [1.54, 1.807) is 0 Å². The van der Waals surface area contributed by atoms with Crippen LogP contribution < -0.4 is 10.6 Å². The molecule has 0 radical (unpaired) electrons. The van der Waals surface area contributed by atoms with Crippen molar-refractivity contribution in [2.75, 3.05) is 19.6 Å². The molecule has 1 aliphatic rings. The first kappa shape index (κ1) is 6.62. The van der Waals surface area contributed by atoms with Gasteiger partial charge in [-0.25, -0.2) is 0 Å². The highest BCUT2D eigenvalue weighted by Crippen LogP contribution is 1.85. The van der Waals surface area contributed by atoms with Crippen molar-refractivity contribution in [3.8, 4) is 0 Å². The molecule has 0 saturated carbocycles. The average molecular weight is 126 g/mol. The van der Waals surface area contributed by atoms with Crippen LogP contribution in [0.15, 0.2) is 12.3 Å². The molecular formula is C7H14N2. The van der Waals surface area contributed by atoms with Crippen LogP contribution in [0, 0.1) is 0 Å². The van der Waals surface area contributed by atoms with E-state index in [-0.39, 0.29) is 0 Å². The highest BCUT2D eigenvalue weighted by atomic mass is 14.9. The largest absolute Gasteiger partial charge is 0.391 e. The molecule has 2 N–H and O–H groups in total. The molecule has 52 valence electrons. The number of hydrogen-bond donors (Lipinski definition) is 2. The van der Waals surface area contributed by atoms with Crippen molar-refractivity contribution >= 4 is 0 Å². The summed E-state index contributed by atoms with van der Waals surface area (Å²) in [6.45, 7) is 3.29. The molecule has 0 saturated heterocycles. The SMILES string of the molecule is C1=C/NCCCCNC/1. The van der Waals surface area contributed by atoms with E-state index in [0.717, 1.165) is 19.6 Å². The highest BCUT2D eigenvalue weighted by Gasteiger charge is 1.88. The summed E-state index contributed by atoms with van der Waals surface area (Å²) in [5, 5.41) is 6.51. The van der Waals surface area contributed by atoms with Gasteiger partial charge in [-0.05, 0) is 25.6 Å². The van der Waals surface area contributed by atoms with E-state index in [1.165, 1.54) is 12.8 Å². The lowest BCUT2D eigenvalue weighted by molar-refractivity contribution is 0.651. The zero-order valence-electron chi connectivity index (χ0n) is 5.69. The first-order chi connectivity index (χ1) is 4.50. The van der Waals surface area contributed by atoms with Crippen molar-refractivity contribution < 1.29 is 0 Å². The highest BCUT2D eigenvalue weighted by molar-refractivity contribution is 4.82. The molecule has 0 aromatic rings. The second kappa shape index (κ2) is 4.39. The van der Waals surface area contributed by atoms with E-state index in [0.29, 0.717) is 0 Å². The van der Waals surface area contributed by atoms with Crippen LogP contribution in [0.1, 0.15) is 12.8 Å². The summed E-state index contributed by atoms with van der Waals surface area (Å²) in [6.07, 6.45) is 6.70. The minimum absolute atomic E-state index is 1.01. The second-order valence-electron chi connectivity index (χ2n) is 2.27. The molecule has 1 rings (SSSR count). The Morgan fingerprint density at radius 2 is 2.00 bits per heavy atom. The summed E-state index contributed by atoms with van der Waals surface area (Å²) in [5.41, 5.74) is 0. The minimum atomic E-state index is 1.01. The summed E-state index contributed by atoms with van der Waals surface area (Å²) < 4.78 is 0. The number of hydrogen-bond acceptors (Lipinski definition) is 2. The van der Waals surface area contributed by atoms with Crippen LogP contribution in [0.4, 0.5) is 0 Å². The van der Waals surface area contributed by atoms with E-state index in [4.69, 9.17) is 0 Å². The number of nitrogens with one attached hydrogen (secondary N) is 2. The normalized spacial score (nSPS) is 24.9. The Bertz CT molecular complexity index is 78.9. The molecule has 0 aromatic heterocycles. The van der Waals surface area contributed by atoms with Gasteiger partial charge < -0.3 is 10.6 Å². The van der Waals surface area contributed by atoms with E-state index < -0.39 is 0 Å². The van der Waals surface area contributed by atoms with E-state index in [2.05, 4.69) is 16.7 Å². The van der Waals surface area contributed by atoms with Crippen LogP contribution in [0.5, 0.6) is 0 Å². The molecule has 0 unspecified atom stereocenters. The summed E-state index contributed by atoms with van der Waals surface area (Å²) in [7, 11) is 0. The Hall–Kier alpha value is -0.500. The molecule has 1 aliphatic heterocycles. The maximum absolute atomic E-state index is 3.30. The monoisotopic (exact) mass is 126 g/mol. The van der Waals surface area contributed by atoms with Crippen LogP contribution in [-0.4, -0.2) is 19.6 Å². The fourth-order valence-electron chi connectivity index (χ4n) is 0.888. The first-order valence-electron chi connectivity index (χ1n) is 3.59. The van der Waals surface area contributed by atoms with Gasteiger partial charge in [0.15, 0.2) is 0 Å². The molecule has 0 bridgehead atoms. The lowest BCUT2D eigenvalue weighted by Crippen LogP contribution is -2.14. The van der Waals surface area contributed by atoms with Crippen LogP contribution in [0.3, 0.4) is 0 Å². The van der Waals surface area contributed by atoms with Crippen molar-refractivity contribution in [3.05, 3.63) is 12.3 Å². The van der Waals surface area contributed by atoms with Crippen LogP contribution in [0.2, 0.25) is 0 Å². The van der Waals surface area contributed by atoms with Gasteiger partial charge in [0, 0.05) is 13.1 Å². The molecule has 0 aromatic carbocycles. The van der Waals surface area contributed by atoms with Gasteiger partial charge in [-0.2, -0.15) is 0 Å². The molecule has 2 nitrogen and oxygen atoms in total. The Morgan fingerprint density at radius 1 is 1.11 bits per heavy atom. The van der Waals surface area contributed by atoms with Crippen molar-refractivity contribution in [2.45, 2.75) is 12.8 Å². The third-order valence-corrected chi connectivity index (χ3v) is 1.42. The third kappa shape index (κ3) is 3.14. The standard InChI is InChI=1S/C7H14N2/c1-2-5-9-7-3-6-8-4-1/h3,6,8-9H,1-2,4-5,7H2/b6-3+. The predicted molar refractivity (Wildman–Crippen MR) is 39.2 cm³/mol. The maximum Gasteiger partial charge on any atom is 0.0151 e. The zero-order chi connectivity index (χ0) is 6.36. The quantitative estimate of drug-likeness (QED) is 0.493. The van der Waals surface area contributed by atoms with Gasteiger partial charge in [-0.1, -0.05) is 6.08 Å². The predicted octanol–water partition coefficient (Wildman–Crippen LogP) is 0.473. The molecule has 1 heterocycles. The lowest BCUT2D eigenvalue weighted by Gasteiger charge is -1.97. The fourth-order valence-corrected chi connectivity index (χ4v) is 0.888. The van der Waals surface area contributed by atoms with Crippen molar-refractivity contribution in [1.29, 1.82) is 0 Å². The topological polar surface area (TPSA) is 24.1 Å². The molecule has 0 amide bonds. The molecule has 0 aliphatic carbocycles. The van der Waals surface area contributed by atoms with Gasteiger partial charge in [0.05, 0.1) is 0 Å². The summed E-state index contributed by atoms with van der Waals surface area (Å²) in [5.74, 6) is 0. The van der Waals surface area contributed by atoms with Gasteiger partial charge >= 0.3 is 0 Å². The molecule has 0 atom stereocenters. The first-order valence-corrected chi connectivity index (χ1v) is 3.59. The van der Waals surface area contributed by atoms with Crippen LogP contribution in [-0.2, 0) is 0 Å². The average Bonchev–Trinajstić information content (AvgIpc) is 2.00. The third-order valence-electron chi connectivity index (χ3n) is 1.42. The Morgan fingerprint density at radius 3 is 3.00 bits per heavy atom. The van der Waals surface area contributed by atoms with E-state index in [1.807, 2.05) is 6.20 Å². The van der Waals surface area contributed by atoms with Crippen molar-refractivity contribution in [1.82, 2.24) is 10.6 Å². The van der Waals surface area contributed by atoms with Crippen LogP contribution >= 0.6 is 0 Å². The second-order valence-corrected chi connectivity index (χ2v) is 2.27. The molecular weight excluding hydrogens is 112 g/mol. The van der Waals surface area contributed by atoms with Gasteiger partial charge in [-0.15, -0.1) is 0 Å². The van der Waals surface area contributed by atoms with Crippen molar-refractivity contribution in [3.63, 3.8) is 0 Å². The zero-order valence-corrected chi connectivity index (χ0v) is 5.69. The van der Waals surface area contributed by atoms with Gasteiger partial charge in [0.25, 0.3) is 0 Å². The van der Waals surface area contributed by atoms with Gasteiger partial charge in [-0.3, -0.25) is 0 Å². The summed E-state index contributed by atoms with van der Waals surface area (Å²) >= 11 is 0. The molecule has 2 heteroatoms. The lowest BCUT2D eigenvalue weighted by atomic mass is 10.3. The number of rotatable bonds is 0. The summed E-state index contributed by atoms with van der Waals surface area (Å²) in [6, 6.07) is 0. The maximum atomic E-state index is 3.30. The Kier molecular flexibility index (Phi) is 3.22. The Labute approximate surface area is 56.3 Å². The molecule has 0 spiro atoms. The van der Waals surface area contributed by atoms with Crippen LogP contribution in [0.25, 0.3) is 0 Å².